The van der Waals surface area contributed by atoms with Crippen LogP contribution in [-0.4, -0.2) is 18.6 Å². The van der Waals surface area contributed by atoms with Crippen molar-refractivity contribution in [2.45, 2.75) is 31.2 Å². The molecule has 1 aliphatic carbocycles. The standard InChI is InChI=1S/C13H18N2O2/c1-17-11-6-4-5-10(9-11)15-13(12(14)16)7-2-3-8-13/h4-6,9,15H,2-3,7-8H2,1H3,(H2,14,16). The number of nitrogens with two attached hydrogens (primary N) is 1. The van der Waals surface area contributed by atoms with Crippen LogP contribution in [0.25, 0.3) is 0 Å². The molecule has 1 aliphatic rings. The van der Waals surface area contributed by atoms with Crippen molar-refractivity contribution in [3.8, 4) is 5.75 Å². The molecule has 0 spiro atoms. The molecular weight excluding hydrogens is 216 g/mol. The lowest BCUT2D eigenvalue weighted by Gasteiger charge is -2.28. The predicted molar refractivity (Wildman–Crippen MR) is 67.0 cm³/mol. The number of rotatable bonds is 4. The molecular formula is C13H18N2O2. The molecule has 1 saturated carbocycles. The number of anilines is 1. The molecule has 0 heterocycles. The third-order valence-electron chi connectivity index (χ3n) is 3.38. The van der Waals surface area contributed by atoms with Gasteiger partial charge in [-0.2, -0.15) is 0 Å². The minimum Gasteiger partial charge on any atom is -0.497 e. The number of amides is 1. The maximum atomic E-state index is 11.6. The zero-order chi connectivity index (χ0) is 12.3. The highest BCUT2D eigenvalue weighted by Gasteiger charge is 2.39. The van der Waals surface area contributed by atoms with Gasteiger partial charge in [-0.25, -0.2) is 0 Å². The highest BCUT2D eigenvalue weighted by Crippen LogP contribution is 2.33. The smallest absolute Gasteiger partial charge is 0.243 e. The fraction of sp³-hybridized carbons (Fsp3) is 0.462. The molecule has 0 radical (unpaired) electrons. The second kappa shape index (κ2) is 4.65. The summed E-state index contributed by atoms with van der Waals surface area (Å²) in [6.07, 6.45) is 3.69. The fourth-order valence-corrected chi connectivity index (χ4v) is 2.39. The SMILES string of the molecule is COc1cccc(NC2(C(N)=O)CCCC2)c1. The largest absolute Gasteiger partial charge is 0.497 e. The van der Waals surface area contributed by atoms with Gasteiger partial charge in [-0.1, -0.05) is 18.9 Å². The second-order valence-electron chi connectivity index (χ2n) is 4.51. The molecule has 3 N–H and O–H groups in total. The van der Waals surface area contributed by atoms with Crippen LogP contribution in [0.15, 0.2) is 24.3 Å². The minimum atomic E-state index is -0.577. The monoisotopic (exact) mass is 234 g/mol. The number of benzene rings is 1. The predicted octanol–water partition coefficient (Wildman–Crippen LogP) is 1.91. The van der Waals surface area contributed by atoms with Gasteiger partial charge < -0.3 is 15.8 Å². The summed E-state index contributed by atoms with van der Waals surface area (Å²) in [6, 6.07) is 7.57. The normalized spacial score (nSPS) is 17.7. The van der Waals surface area contributed by atoms with Crippen molar-refractivity contribution < 1.29 is 9.53 Å². The molecule has 1 amide bonds. The zero-order valence-electron chi connectivity index (χ0n) is 10.0. The molecule has 0 atom stereocenters. The van der Waals surface area contributed by atoms with Crippen molar-refractivity contribution in [3.05, 3.63) is 24.3 Å². The summed E-state index contributed by atoms with van der Waals surface area (Å²) >= 11 is 0. The van der Waals surface area contributed by atoms with Crippen LogP contribution in [-0.2, 0) is 4.79 Å². The Morgan fingerprint density at radius 1 is 1.41 bits per heavy atom. The quantitative estimate of drug-likeness (QED) is 0.836. The van der Waals surface area contributed by atoms with Gasteiger partial charge in [0, 0.05) is 11.8 Å². The summed E-state index contributed by atoms with van der Waals surface area (Å²) in [4.78, 5) is 11.6. The molecule has 4 nitrogen and oxygen atoms in total. The number of ether oxygens (including phenoxy) is 1. The lowest BCUT2D eigenvalue weighted by atomic mass is 9.96. The average molecular weight is 234 g/mol. The summed E-state index contributed by atoms with van der Waals surface area (Å²) in [7, 11) is 1.62. The topological polar surface area (TPSA) is 64.3 Å². The number of methoxy groups -OCH3 is 1. The molecule has 17 heavy (non-hydrogen) atoms. The Kier molecular flexibility index (Phi) is 3.22. The van der Waals surface area contributed by atoms with E-state index in [1.807, 2.05) is 24.3 Å². The van der Waals surface area contributed by atoms with Crippen LogP contribution in [0, 0.1) is 0 Å². The Bertz CT molecular complexity index is 412. The number of carbonyl (C=O) groups excluding carboxylic acids is 1. The van der Waals surface area contributed by atoms with Crippen molar-refractivity contribution >= 4 is 11.6 Å². The van der Waals surface area contributed by atoms with Gasteiger partial charge in [-0.05, 0) is 25.0 Å². The van der Waals surface area contributed by atoms with E-state index >= 15 is 0 Å². The van der Waals surface area contributed by atoms with Gasteiger partial charge in [0.1, 0.15) is 11.3 Å². The maximum absolute atomic E-state index is 11.6. The number of hydrogen-bond acceptors (Lipinski definition) is 3. The lowest BCUT2D eigenvalue weighted by molar-refractivity contribution is -0.122. The molecule has 1 fully saturated rings. The van der Waals surface area contributed by atoms with Crippen molar-refractivity contribution in [2.75, 3.05) is 12.4 Å². The van der Waals surface area contributed by atoms with E-state index < -0.39 is 5.54 Å². The molecule has 2 rings (SSSR count). The highest BCUT2D eigenvalue weighted by molar-refractivity contribution is 5.88. The second-order valence-corrected chi connectivity index (χ2v) is 4.51. The molecule has 4 heteroatoms. The summed E-state index contributed by atoms with van der Waals surface area (Å²) in [5, 5.41) is 3.27. The van der Waals surface area contributed by atoms with E-state index in [1.165, 1.54) is 0 Å². The molecule has 0 aromatic heterocycles. The van der Waals surface area contributed by atoms with E-state index in [1.54, 1.807) is 7.11 Å². The summed E-state index contributed by atoms with van der Waals surface area (Å²) in [6.45, 7) is 0. The Labute approximate surface area is 101 Å². The van der Waals surface area contributed by atoms with Crippen LogP contribution in [0.3, 0.4) is 0 Å². The van der Waals surface area contributed by atoms with Gasteiger partial charge in [0.25, 0.3) is 0 Å². The first-order chi connectivity index (χ1) is 8.16. The van der Waals surface area contributed by atoms with Crippen LogP contribution in [0.4, 0.5) is 5.69 Å². The number of nitrogens with one attached hydrogen (secondary N) is 1. The zero-order valence-corrected chi connectivity index (χ0v) is 10.0. The lowest BCUT2D eigenvalue weighted by Crippen LogP contribution is -2.48. The van der Waals surface area contributed by atoms with E-state index in [0.717, 1.165) is 37.1 Å². The number of hydrogen-bond donors (Lipinski definition) is 2. The van der Waals surface area contributed by atoms with Gasteiger partial charge in [-0.15, -0.1) is 0 Å². The number of primary amides is 1. The Balaban J connectivity index is 2.20. The van der Waals surface area contributed by atoms with Crippen LogP contribution in [0.1, 0.15) is 25.7 Å². The first kappa shape index (κ1) is 11.8. The molecule has 0 unspecified atom stereocenters. The van der Waals surface area contributed by atoms with Crippen molar-refractivity contribution in [3.63, 3.8) is 0 Å². The van der Waals surface area contributed by atoms with Gasteiger partial charge in [-0.3, -0.25) is 4.79 Å². The Morgan fingerprint density at radius 3 is 2.71 bits per heavy atom. The van der Waals surface area contributed by atoms with E-state index in [0.29, 0.717) is 0 Å². The van der Waals surface area contributed by atoms with Crippen LogP contribution in [0.5, 0.6) is 5.75 Å². The highest BCUT2D eigenvalue weighted by atomic mass is 16.5. The van der Waals surface area contributed by atoms with E-state index in [9.17, 15) is 4.79 Å². The van der Waals surface area contributed by atoms with Crippen molar-refractivity contribution in [1.29, 1.82) is 0 Å². The van der Waals surface area contributed by atoms with E-state index in [-0.39, 0.29) is 5.91 Å². The Hall–Kier alpha value is -1.71. The molecule has 0 saturated heterocycles. The minimum absolute atomic E-state index is 0.266. The summed E-state index contributed by atoms with van der Waals surface area (Å²) in [5.74, 6) is 0.505. The van der Waals surface area contributed by atoms with Crippen LogP contribution < -0.4 is 15.8 Å². The first-order valence-electron chi connectivity index (χ1n) is 5.88. The van der Waals surface area contributed by atoms with Crippen LogP contribution >= 0.6 is 0 Å². The van der Waals surface area contributed by atoms with E-state index in [4.69, 9.17) is 10.5 Å². The van der Waals surface area contributed by atoms with E-state index in [2.05, 4.69) is 5.32 Å². The van der Waals surface area contributed by atoms with Gasteiger partial charge in [0.05, 0.1) is 7.11 Å². The fourth-order valence-electron chi connectivity index (χ4n) is 2.39. The van der Waals surface area contributed by atoms with Gasteiger partial charge in [0.2, 0.25) is 5.91 Å². The molecule has 92 valence electrons. The Morgan fingerprint density at radius 2 is 2.12 bits per heavy atom. The van der Waals surface area contributed by atoms with Crippen molar-refractivity contribution in [1.82, 2.24) is 0 Å². The summed E-state index contributed by atoms with van der Waals surface area (Å²) in [5.41, 5.74) is 5.82. The maximum Gasteiger partial charge on any atom is 0.243 e. The molecule has 0 aliphatic heterocycles. The average Bonchev–Trinajstić information content (AvgIpc) is 2.79. The third kappa shape index (κ3) is 2.35. The van der Waals surface area contributed by atoms with Crippen LogP contribution in [0.2, 0.25) is 0 Å². The summed E-state index contributed by atoms with van der Waals surface area (Å²) < 4.78 is 5.16. The van der Waals surface area contributed by atoms with Gasteiger partial charge in [0.15, 0.2) is 0 Å². The van der Waals surface area contributed by atoms with Gasteiger partial charge >= 0.3 is 0 Å². The molecule has 0 bridgehead atoms. The number of carbonyl (C=O) groups is 1. The first-order valence-corrected chi connectivity index (χ1v) is 5.88. The van der Waals surface area contributed by atoms with Crippen molar-refractivity contribution in [2.24, 2.45) is 5.73 Å². The third-order valence-corrected chi connectivity index (χ3v) is 3.38. The molecule has 1 aromatic rings. The molecule has 1 aromatic carbocycles.